The van der Waals surface area contributed by atoms with Gasteiger partial charge in [-0.05, 0) is 37.8 Å². The molecular formula is C13H16ClNO2. The van der Waals surface area contributed by atoms with Gasteiger partial charge in [-0.3, -0.25) is 4.98 Å². The van der Waals surface area contributed by atoms with Crippen molar-refractivity contribution in [1.29, 1.82) is 0 Å². The highest BCUT2D eigenvalue weighted by molar-refractivity contribution is 6.30. The Kier molecular flexibility index (Phi) is 4.51. The topological polar surface area (TPSA) is 39.2 Å². The molecule has 1 aromatic rings. The van der Waals surface area contributed by atoms with E-state index in [-0.39, 0.29) is 12.0 Å². The number of nitrogens with zero attached hydrogens (tertiary/aromatic N) is 1. The molecule has 1 aliphatic carbocycles. The van der Waals surface area contributed by atoms with Gasteiger partial charge < -0.3 is 9.53 Å². The van der Waals surface area contributed by atoms with Crippen LogP contribution in [0.5, 0.6) is 0 Å². The highest BCUT2D eigenvalue weighted by atomic mass is 35.5. The van der Waals surface area contributed by atoms with Crippen molar-refractivity contribution in [2.24, 2.45) is 5.92 Å². The Labute approximate surface area is 106 Å². The minimum atomic E-state index is 0.239. The van der Waals surface area contributed by atoms with Gasteiger partial charge in [0.25, 0.3) is 0 Å². The van der Waals surface area contributed by atoms with Crippen LogP contribution in [-0.4, -0.2) is 17.4 Å². The second-order valence-electron chi connectivity index (χ2n) is 4.45. The second-order valence-corrected chi connectivity index (χ2v) is 4.89. The van der Waals surface area contributed by atoms with E-state index in [4.69, 9.17) is 16.3 Å². The lowest BCUT2D eigenvalue weighted by atomic mass is 9.88. The van der Waals surface area contributed by atoms with Crippen LogP contribution in [0, 0.1) is 5.92 Å². The molecule has 1 aliphatic rings. The maximum atomic E-state index is 10.6. The second kappa shape index (κ2) is 6.12. The first-order valence-corrected chi connectivity index (χ1v) is 6.33. The quantitative estimate of drug-likeness (QED) is 0.775. The van der Waals surface area contributed by atoms with Gasteiger partial charge in [-0.25, -0.2) is 0 Å². The van der Waals surface area contributed by atoms with Crippen molar-refractivity contribution >= 4 is 17.9 Å². The van der Waals surface area contributed by atoms with Crippen molar-refractivity contribution in [3.05, 3.63) is 29.0 Å². The molecule has 0 amide bonds. The number of aromatic nitrogens is 1. The zero-order valence-electron chi connectivity index (χ0n) is 9.64. The van der Waals surface area contributed by atoms with Crippen LogP contribution < -0.4 is 0 Å². The van der Waals surface area contributed by atoms with Crippen molar-refractivity contribution in [2.45, 2.75) is 38.4 Å². The van der Waals surface area contributed by atoms with Gasteiger partial charge >= 0.3 is 0 Å². The number of carbonyl (C=O) groups is 1. The number of pyridine rings is 1. The molecule has 0 unspecified atom stereocenters. The number of hydrogen-bond donors (Lipinski definition) is 0. The molecule has 1 heterocycles. The summed E-state index contributed by atoms with van der Waals surface area (Å²) in [4.78, 5) is 14.8. The Morgan fingerprint density at radius 1 is 1.35 bits per heavy atom. The monoisotopic (exact) mass is 253 g/mol. The van der Waals surface area contributed by atoms with E-state index in [1.807, 2.05) is 12.1 Å². The molecule has 2 rings (SSSR count). The predicted molar refractivity (Wildman–Crippen MR) is 65.8 cm³/mol. The van der Waals surface area contributed by atoms with Crippen molar-refractivity contribution in [3.63, 3.8) is 0 Å². The minimum absolute atomic E-state index is 0.239. The molecule has 1 fully saturated rings. The molecule has 4 heteroatoms. The number of aldehydes is 1. The van der Waals surface area contributed by atoms with Gasteiger partial charge in [0, 0.05) is 12.1 Å². The lowest BCUT2D eigenvalue weighted by molar-refractivity contribution is -0.113. The van der Waals surface area contributed by atoms with Gasteiger partial charge in [-0.2, -0.15) is 0 Å². The van der Waals surface area contributed by atoms with E-state index in [0.29, 0.717) is 11.6 Å². The third kappa shape index (κ3) is 3.79. The summed E-state index contributed by atoms with van der Waals surface area (Å²) in [6.07, 6.45) is 6.79. The van der Waals surface area contributed by atoms with Crippen LogP contribution in [0.25, 0.3) is 0 Å². The summed E-state index contributed by atoms with van der Waals surface area (Å²) in [5.41, 5.74) is 0.895. The largest absolute Gasteiger partial charge is 0.372 e. The molecule has 17 heavy (non-hydrogen) atoms. The molecule has 0 atom stereocenters. The first kappa shape index (κ1) is 12.5. The number of halogens is 1. The van der Waals surface area contributed by atoms with Gasteiger partial charge in [-0.15, -0.1) is 0 Å². The highest BCUT2D eigenvalue weighted by Crippen LogP contribution is 2.25. The van der Waals surface area contributed by atoms with E-state index in [2.05, 4.69) is 4.98 Å². The van der Waals surface area contributed by atoms with E-state index in [1.165, 1.54) is 0 Å². The van der Waals surface area contributed by atoms with Gasteiger partial charge in [0.15, 0.2) is 0 Å². The molecule has 0 spiro atoms. The smallest absolute Gasteiger partial charge is 0.123 e. The number of ether oxygens (including phenoxy) is 1. The molecule has 0 saturated heterocycles. The Hall–Kier alpha value is -0.930. The van der Waals surface area contributed by atoms with Crippen LogP contribution >= 0.6 is 11.6 Å². The summed E-state index contributed by atoms with van der Waals surface area (Å²) in [7, 11) is 0. The first-order chi connectivity index (χ1) is 8.28. The lowest BCUT2D eigenvalue weighted by Gasteiger charge is -2.25. The molecule has 3 nitrogen and oxygen atoms in total. The van der Waals surface area contributed by atoms with E-state index in [0.717, 1.165) is 37.7 Å². The molecule has 0 bridgehead atoms. The minimum Gasteiger partial charge on any atom is -0.372 e. The van der Waals surface area contributed by atoms with Crippen LogP contribution in [-0.2, 0) is 16.1 Å². The maximum Gasteiger partial charge on any atom is 0.123 e. The highest BCUT2D eigenvalue weighted by Gasteiger charge is 2.21. The fourth-order valence-corrected chi connectivity index (χ4v) is 2.20. The van der Waals surface area contributed by atoms with Crippen molar-refractivity contribution in [1.82, 2.24) is 4.98 Å². The molecule has 0 aromatic carbocycles. The Morgan fingerprint density at radius 3 is 2.71 bits per heavy atom. The van der Waals surface area contributed by atoms with Crippen LogP contribution in [0.3, 0.4) is 0 Å². The third-order valence-electron chi connectivity index (χ3n) is 3.17. The SMILES string of the molecule is O=C[C@H]1CC[C@H](OCc2ccc(Cl)cn2)CC1. The number of carbonyl (C=O) groups excluding carboxylic acids is 1. The van der Waals surface area contributed by atoms with Gasteiger partial charge in [0.05, 0.1) is 23.4 Å². The summed E-state index contributed by atoms with van der Waals surface area (Å²) >= 11 is 5.76. The first-order valence-electron chi connectivity index (χ1n) is 5.95. The molecule has 92 valence electrons. The van der Waals surface area contributed by atoms with Gasteiger partial charge in [0.1, 0.15) is 6.29 Å². The maximum absolute atomic E-state index is 10.6. The Balaban J connectivity index is 1.75. The lowest BCUT2D eigenvalue weighted by Crippen LogP contribution is -2.22. The zero-order valence-corrected chi connectivity index (χ0v) is 10.4. The van der Waals surface area contributed by atoms with Crippen LogP contribution in [0.15, 0.2) is 18.3 Å². The fourth-order valence-electron chi connectivity index (χ4n) is 2.09. The van der Waals surface area contributed by atoms with Crippen LogP contribution in [0.1, 0.15) is 31.4 Å². The van der Waals surface area contributed by atoms with Crippen molar-refractivity contribution < 1.29 is 9.53 Å². The Bertz CT molecular complexity index is 358. The van der Waals surface area contributed by atoms with Gasteiger partial charge in [-0.1, -0.05) is 11.6 Å². The number of hydrogen-bond acceptors (Lipinski definition) is 3. The van der Waals surface area contributed by atoms with Gasteiger partial charge in [0.2, 0.25) is 0 Å². The molecule has 1 aromatic heterocycles. The zero-order chi connectivity index (χ0) is 12.1. The van der Waals surface area contributed by atoms with E-state index < -0.39 is 0 Å². The summed E-state index contributed by atoms with van der Waals surface area (Å²) in [5, 5.41) is 0.639. The molecule has 0 radical (unpaired) electrons. The molecule has 1 saturated carbocycles. The van der Waals surface area contributed by atoms with E-state index >= 15 is 0 Å². The van der Waals surface area contributed by atoms with E-state index in [1.54, 1.807) is 6.20 Å². The summed E-state index contributed by atoms with van der Waals surface area (Å²) in [6, 6.07) is 3.69. The van der Waals surface area contributed by atoms with Crippen LogP contribution in [0.4, 0.5) is 0 Å². The Morgan fingerprint density at radius 2 is 2.12 bits per heavy atom. The average molecular weight is 254 g/mol. The van der Waals surface area contributed by atoms with Crippen molar-refractivity contribution in [2.75, 3.05) is 0 Å². The standard InChI is InChI=1S/C13H16ClNO2/c14-11-3-4-12(15-7-11)9-17-13-5-1-10(8-16)2-6-13/h3-4,7-8,10,13H,1-2,5-6,9H2/t10-,13-. The van der Waals surface area contributed by atoms with Crippen molar-refractivity contribution in [3.8, 4) is 0 Å². The molecule has 0 N–H and O–H groups in total. The third-order valence-corrected chi connectivity index (χ3v) is 3.39. The summed E-state index contributed by atoms with van der Waals surface area (Å²) in [6.45, 7) is 0.521. The molecule has 0 aliphatic heterocycles. The summed E-state index contributed by atoms with van der Waals surface area (Å²) < 4.78 is 5.78. The average Bonchev–Trinajstić information content (AvgIpc) is 2.39. The number of rotatable bonds is 4. The van der Waals surface area contributed by atoms with E-state index in [9.17, 15) is 4.79 Å². The normalized spacial score (nSPS) is 24.5. The van der Waals surface area contributed by atoms with Crippen LogP contribution in [0.2, 0.25) is 5.02 Å². The molecular weight excluding hydrogens is 238 g/mol. The summed E-state index contributed by atoms with van der Waals surface area (Å²) in [5.74, 6) is 0.239. The fraction of sp³-hybridized carbons (Fsp3) is 0.538. The predicted octanol–water partition coefficient (Wildman–Crippen LogP) is 3.01.